The van der Waals surface area contributed by atoms with Crippen LogP contribution in [0, 0.1) is 23.5 Å². The van der Waals surface area contributed by atoms with Gasteiger partial charge in [-0.25, -0.2) is 8.78 Å². The second kappa shape index (κ2) is 11.9. The maximum Gasteiger partial charge on any atom is 0.245 e. The molecule has 2 heterocycles. The van der Waals surface area contributed by atoms with Crippen molar-refractivity contribution < 1.29 is 23.2 Å². The number of rotatable bonds is 6. The third-order valence-corrected chi connectivity index (χ3v) is 8.89. The number of piperazine rings is 1. The lowest BCUT2D eigenvalue weighted by Gasteiger charge is -2.42. The monoisotopic (exact) mass is 546 g/mol. The zero-order valence-electron chi connectivity index (χ0n) is 24.0. The van der Waals surface area contributed by atoms with Crippen LogP contribution < -0.4 is 5.32 Å². The first-order chi connectivity index (χ1) is 18.3. The standard InChI is InChI=1S/C30H44F2N4O3/c1-19-16-34(29(39)27(33-20(2)37)14-21-8-6-7-9-21)12-13-36(19)28(38)25-18-35(30(3,4)5)17-24(25)23-11-10-22(31)15-26(23)32/h10-11,15,19,21,24-25,27H,6-9,12-14,16-18H2,1-5H3,(H,33,37)/t19-,24-,25+,27?/m0/s1. The maximum atomic E-state index is 14.9. The SMILES string of the molecule is CC(=O)NC(CC1CCCC1)C(=O)N1CCN(C(=O)[C@@H]2CN(C(C)(C)C)C[C@H]2c2ccc(F)cc2F)[C@@H](C)C1. The average Bonchev–Trinajstić information content (AvgIpc) is 3.53. The highest BCUT2D eigenvalue weighted by Gasteiger charge is 2.46. The molecule has 1 aliphatic carbocycles. The predicted octanol–water partition coefficient (Wildman–Crippen LogP) is 3.92. The summed E-state index contributed by atoms with van der Waals surface area (Å²) in [6.45, 7) is 11.7. The van der Waals surface area contributed by atoms with Crippen molar-refractivity contribution in [1.29, 1.82) is 0 Å². The molecular weight excluding hydrogens is 502 g/mol. The van der Waals surface area contributed by atoms with E-state index in [9.17, 15) is 23.2 Å². The minimum Gasteiger partial charge on any atom is -0.345 e. The number of carbonyl (C=O) groups excluding carboxylic acids is 3. The third kappa shape index (κ3) is 6.79. The van der Waals surface area contributed by atoms with Crippen molar-refractivity contribution in [2.24, 2.45) is 11.8 Å². The zero-order chi connectivity index (χ0) is 28.5. The quantitative estimate of drug-likeness (QED) is 0.587. The molecule has 3 fully saturated rings. The van der Waals surface area contributed by atoms with Gasteiger partial charge in [0.15, 0.2) is 0 Å². The van der Waals surface area contributed by atoms with Crippen LogP contribution >= 0.6 is 0 Å². The van der Waals surface area contributed by atoms with Crippen molar-refractivity contribution in [3.05, 3.63) is 35.4 Å². The number of halogens is 2. The second-order valence-electron chi connectivity index (χ2n) is 12.8. The molecular formula is C30H44F2N4O3. The molecule has 39 heavy (non-hydrogen) atoms. The van der Waals surface area contributed by atoms with Crippen molar-refractivity contribution in [2.45, 2.75) is 90.3 Å². The van der Waals surface area contributed by atoms with Crippen molar-refractivity contribution in [3.63, 3.8) is 0 Å². The molecule has 216 valence electrons. The summed E-state index contributed by atoms with van der Waals surface area (Å²) in [5, 5.41) is 2.87. The Morgan fingerprint density at radius 1 is 1.05 bits per heavy atom. The number of hydrogen-bond donors (Lipinski definition) is 1. The number of hydrogen-bond acceptors (Lipinski definition) is 4. The molecule has 2 aliphatic heterocycles. The maximum absolute atomic E-state index is 14.9. The zero-order valence-corrected chi connectivity index (χ0v) is 24.0. The lowest BCUT2D eigenvalue weighted by molar-refractivity contribution is -0.147. The Kier molecular flexibility index (Phi) is 8.98. The van der Waals surface area contributed by atoms with E-state index in [1.54, 1.807) is 4.90 Å². The number of benzene rings is 1. The Morgan fingerprint density at radius 2 is 1.74 bits per heavy atom. The number of nitrogens with zero attached hydrogens (tertiary/aromatic N) is 3. The number of amides is 3. The molecule has 4 rings (SSSR count). The van der Waals surface area contributed by atoms with E-state index in [0.717, 1.165) is 18.9 Å². The van der Waals surface area contributed by atoms with Crippen LogP contribution in [-0.4, -0.2) is 82.8 Å². The minimum absolute atomic E-state index is 0.0561. The number of carbonyl (C=O) groups is 3. The van der Waals surface area contributed by atoms with Gasteiger partial charge in [-0.2, -0.15) is 0 Å². The van der Waals surface area contributed by atoms with Gasteiger partial charge in [-0.1, -0.05) is 31.7 Å². The Morgan fingerprint density at radius 3 is 2.33 bits per heavy atom. The van der Waals surface area contributed by atoms with Gasteiger partial charge in [0.1, 0.15) is 17.7 Å². The fraction of sp³-hybridized carbons (Fsp3) is 0.700. The molecule has 7 nitrogen and oxygen atoms in total. The smallest absolute Gasteiger partial charge is 0.245 e. The normalized spacial score (nSPS) is 25.7. The molecule has 1 saturated carbocycles. The average molecular weight is 547 g/mol. The topological polar surface area (TPSA) is 73.0 Å². The van der Waals surface area contributed by atoms with Gasteiger partial charge in [0.25, 0.3) is 0 Å². The molecule has 3 amide bonds. The summed E-state index contributed by atoms with van der Waals surface area (Å²) in [7, 11) is 0. The number of nitrogens with one attached hydrogen (secondary N) is 1. The summed E-state index contributed by atoms with van der Waals surface area (Å²) in [6, 6.07) is 2.85. The Balaban J connectivity index is 1.47. The molecule has 1 aromatic rings. The van der Waals surface area contributed by atoms with Crippen molar-refractivity contribution in [1.82, 2.24) is 20.0 Å². The predicted molar refractivity (Wildman–Crippen MR) is 146 cm³/mol. The van der Waals surface area contributed by atoms with Crippen LogP contribution in [0.3, 0.4) is 0 Å². The second-order valence-corrected chi connectivity index (χ2v) is 12.8. The van der Waals surface area contributed by atoms with Crippen LogP contribution in [0.5, 0.6) is 0 Å². The summed E-state index contributed by atoms with van der Waals surface area (Å²) in [5.41, 5.74) is 0.159. The molecule has 0 aromatic heterocycles. The van der Waals surface area contributed by atoms with Crippen LogP contribution in [0.25, 0.3) is 0 Å². The lowest BCUT2D eigenvalue weighted by atomic mass is 9.87. The van der Waals surface area contributed by atoms with E-state index in [0.29, 0.717) is 50.6 Å². The van der Waals surface area contributed by atoms with Gasteiger partial charge in [-0.05, 0) is 51.7 Å². The van der Waals surface area contributed by atoms with Crippen LogP contribution in [-0.2, 0) is 14.4 Å². The van der Waals surface area contributed by atoms with E-state index in [4.69, 9.17) is 0 Å². The molecule has 1 N–H and O–H groups in total. The van der Waals surface area contributed by atoms with Crippen molar-refractivity contribution in [2.75, 3.05) is 32.7 Å². The first-order valence-corrected chi connectivity index (χ1v) is 14.4. The van der Waals surface area contributed by atoms with Gasteiger partial charge >= 0.3 is 0 Å². The van der Waals surface area contributed by atoms with Crippen LogP contribution in [0.2, 0.25) is 0 Å². The molecule has 1 aromatic carbocycles. The molecule has 0 bridgehead atoms. The van der Waals surface area contributed by atoms with Gasteiger partial charge < -0.3 is 15.1 Å². The highest BCUT2D eigenvalue weighted by molar-refractivity contribution is 5.87. The number of likely N-dealkylation sites (tertiary alicyclic amines) is 1. The van der Waals surface area contributed by atoms with Gasteiger partial charge in [-0.3, -0.25) is 19.3 Å². The van der Waals surface area contributed by atoms with E-state index in [2.05, 4.69) is 31.0 Å². The summed E-state index contributed by atoms with van der Waals surface area (Å²) in [5.74, 6) is -2.02. The van der Waals surface area contributed by atoms with E-state index < -0.39 is 23.6 Å². The summed E-state index contributed by atoms with van der Waals surface area (Å²) < 4.78 is 28.5. The van der Waals surface area contributed by atoms with E-state index in [-0.39, 0.29) is 35.2 Å². The fourth-order valence-corrected chi connectivity index (χ4v) is 6.68. The Bertz CT molecular complexity index is 1070. The van der Waals surface area contributed by atoms with Gasteiger partial charge in [-0.15, -0.1) is 0 Å². The van der Waals surface area contributed by atoms with E-state index >= 15 is 0 Å². The molecule has 1 unspecified atom stereocenters. The third-order valence-electron chi connectivity index (χ3n) is 8.89. The van der Waals surface area contributed by atoms with E-state index in [1.807, 2.05) is 11.8 Å². The summed E-state index contributed by atoms with van der Waals surface area (Å²) in [6.07, 6.45) is 5.16. The largest absolute Gasteiger partial charge is 0.345 e. The van der Waals surface area contributed by atoms with Gasteiger partial charge in [0.05, 0.1) is 5.92 Å². The Labute approximate surface area is 231 Å². The first-order valence-electron chi connectivity index (χ1n) is 14.4. The summed E-state index contributed by atoms with van der Waals surface area (Å²) in [4.78, 5) is 45.1. The fourth-order valence-electron chi connectivity index (χ4n) is 6.68. The van der Waals surface area contributed by atoms with Crippen molar-refractivity contribution >= 4 is 17.7 Å². The van der Waals surface area contributed by atoms with Gasteiger partial charge in [0.2, 0.25) is 17.7 Å². The highest BCUT2D eigenvalue weighted by atomic mass is 19.1. The van der Waals surface area contributed by atoms with E-state index in [1.165, 1.54) is 31.9 Å². The van der Waals surface area contributed by atoms with Crippen LogP contribution in [0.1, 0.15) is 78.2 Å². The molecule has 4 atom stereocenters. The molecule has 3 aliphatic rings. The Hall–Kier alpha value is -2.55. The summed E-state index contributed by atoms with van der Waals surface area (Å²) >= 11 is 0. The molecule has 0 spiro atoms. The minimum atomic E-state index is -0.635. The van der Waals surface area contributed by atoms with Crippen LogP contribution in [0.4, 0.5) is 8.78 Å². The van der Waals surface area contributed by atoms with Crippen LogP contribution in [0.15, 0.2) is 18.2 Å². The van der Waals surface area contributed by atoms with Crippen molar-refractivity contribution in [3.8, 4) is 0 Å². The molecule has 9 heteroatoms. The molecule has 2 saturated heterocycles. The molecule has 0 radical (unpaired) electrons. The highest BCUT2D eigenvalue weighted by Crippen LogP contribution is 2.39. The first kappa shape index (κ1) is 29.4. The lowest BCUT2D eigenvalue weighted by Crippen LogP contribution is -2.60. The van der Waals surface area contributed by atoms with Gasteiger partial charge in [0, 0.05) is 63.2 Å².